The number of piperazine rings is 1. The summed E-state index contributed by atoms with van der Waals surface area (Å²) in [5, 5.41) is 11.5. The van der Waals surface area contributed by atoms with Gasteiger partial charge in [-0.25, -0.2) is 0 Å². The summed E-state index contributed by atoms with van der Waals surface area (Å²) in [6.07, 6.45) is 1.25. The van der Waals surface area contributed by atoms with Gasteiger partial charge in [-0.05, 0) is 110 Å². The zero-order chi connectivity index (χ0) is 38.7. The van der Waals surface area contributed by atoms with Crippen molar-refractivity contribution in [1.29, 1.82) is 5.26 Å². The van der Waals surface area contributed by atoms with Crippen LogP contribution >= 0.6 is 0 Å². The van der Waals surface area contributed by atoms with Crippen LogP contribution in [0.5, 0.6) is 0 Å². The van der Waals surface area contributed by atoms with Crippen LogP contribution in [0, 0.1) is 17.2 Å². The topological polar surface area (TPSA) is 103 Å². The van der Waals surface area contributed by atoms with Crippen molar-refractivity contribution in [1.82, 2.24) is 15.1 Å². The van der Waals surface area contributed by atoms with E-state index in [9.17, 15) is 27.6 Å². The Morgan fingerprint density at radius 3 is 2.14 bits per heavy atom. The fourth-order valence-electron chi connectivity index (χ4n) is 10.2. The third-order valence-corrected chi connectivity index (χ3v) is 13.3. The smallest absolute Gasteiger partial charge is 0.372 e. The summed E-state index contributed by atoms with van der Waals surface area (Å²) in [4.78, 5) is 48.6. The lowest BCUT2D eigenvalue weighted by atomic mass is 9.88. The van der Waals surface area contributed by atoms with Crippen molar-refractivity contribution in [2.75, 3.05) is 60.5 Å². The van der Waals surface area contributed by atoms with Crippen molar-refractivity contribution in [2.45, 2.75) is 81.7 Å². The Morgan fingerprint density at radius 1 is 0.768 bits per heavy atom. The van der Waals surface area contributed by atoms with E-state index in [0.717, 1.165) is 82.1 Å². The Balaban J connectivity index is 0.735. The predicted molar refractivity (Wildman–Crippen MR) is 205 cm³/mol. The number of nitrogens with one attached hydrogen (secondary N) is 1. The second kappa shape index (κ2) is 14.4. The van der Waals surface area contributed by atoms with Crippen LogP contribution in [0.4, 0.5) is 30.2 Å². The molecule has 6 aliphatic heterocycles. The second-order valence-electron chi connectivity index (χ2n) is 16.5. The highest BCUT2D eigenvalue weighted by Crippen LogP contribution is 2.40. The summed E-state index contributed by atoms with van der Waals surface area (Å²) in [6.45, 7) is 6.95. The molecule has 2 bridgehead atoms. The zero-order valence-corrected chi connectivity index (χ0v) is 31.3. The van der Waals surface area contributed by atoms with Gasteiger partial charge in [0.25, 0.3) is 5.91 Å². The predicted octanol–water partition coefficient (Wildman–Crippen LogP) is 5.90. The molecule has 56 heavy (non-hydrogen) atoms. The van der Waals surface area contributed by atoms with Crippen LogP contribution in [0.25, 0.3) is 0 Å². The van der Waals surface area contributed by atoms with Crippen LogP contribution < -0.4 is 20.0 Å². The van der Waals surface area contributed by atoms with E-state index >= 15 is 0 Å². The maximum atomic E-state index is 13.5. The number of hydrogen-bond donors (Lipinski definition) is 1. The molecule has 6 heterocycles. The fourth-order valence-corrected chi connectivity index (χ4v) is 10.2. The molecule has 5 saturated heterocycles. The maximum absolute atomic E-state index is 13.5. The molecular weight excluding hydrogens is 720 g/mol. The first-order chi connectivity index (χ1) is 27.0. The number of benzene rings is 3. The van der Waals surface area contributed by atoms with E-state index in [1.807, 2.05) is 11.0 Å². The van der Waals surface area contributed by atoms with Crippen molar-refractivity contribution in [2.24, 2.45) is 5.92 Å². The molecule has 3 amide bonds. The van der Waals surface area contributed by atoms with Crippen molar-refractivity contribution in [3.8, 4) is 6.07 Å². The van der Waals surface area contributed by atoms with Gasteiger partial charge in [-0.3, -0.25) is 24.6 Å². The molecule has 0 spiro atoms. The van der Waals surface area contributed by atoms with E-state index in [-0.39, 0.29) is 29.7 Å². The van der Waals surface area contributed by atoms with Crippen molar-refractivity contribution < 1.29 is 27.6 Å². The summed E-state index contributed by atoms with van der Waals surface area (Å²) in [7, 11) is 0. The molecule has 3 atom stereocenters. The molecule has 0 saturated carbocycles. The molecule has 13 heteroatoms. The number of halogens is 3. The number of nitriles is 1. The number of fused-ring (bicyclic) bond motifs is 3. The quantitative estimate of drug-likeness (QED) is 0.297. The summed E-state index contributed by atoms with van der Waals surface area (Å²) in [6, 6.07) is 21.1. The average Bonchev–Trinajstić information content (AvgIpc) is 3.90. The molecule has 6 aliphatic rings. The van der Waals surface area contributed by atoms with Gasteiger partial charge in [0.05, 0.1) is 17.2 Å². The van der Waals surface area contributed by atoms with Crippen molar-refractivity contribution in [3.63, 3.8) is 0 Å². The van der Waals surface area contributed by atoms with Gasteiger partial charge in [0.1, 0.15) is 6.04 Å². The largest absolute Gasteiger partial charge is 0.417 e. The lowest BCUT2D eigenvalue weighted by Gasteiger charge is -2.40. The molecule has 3 aromatic rings. The van der Waals surface area contributed by atoms with Gasteiger partial charge in [0.2, 0.25) is 11.8 Å². The number of anilines is 3. The number of piperidine rings is 3. The lowest BCUT2D eigenvalue weighted by Crippen LogP contribution is -2.52. The molecule has 0 aliphatic carbocycles. The number of hydrogen-bond acceptors (Lipinski definition) is 8. The minimum atomic E-state index is -4.56. The summed E-state index contributed by atoms with van der Waals surface area (Å²) >= 11 is 0. The number of likely N-dealkylation sites (tertiary alicyclic amines) is 1. The van der Waals surface area contributed by atoms with E-state index in [1.54, 1.807) is 17.0 Å². The molecular formula is C43H46F3N7O3. The first-order valence-electron chi connectivity index (χ1n) is 20.0. The van der Waals surface area contributed by atoms with Crippen molar-refractivity contribution >= 4 is 34.8 Å². The molecule has 5 fully saturated rings. The van der Waals surface area contributed by atoms with Crippen LogP contribution in [0.15, 0.2) is 60.7 Å². The van der Waals surface area contributed by atoms with Crippen LogP contribution in [-0.2, 0) is 22.3 Å². The van der Waals surface area contributed by atoms with E-state index in [0.29, 0.717) is 61.2 Å². The first-order valence-corrected chi connectivity index (χ1v) is 20.0. The van der Waals surface area contributed by atoms with Gasteiger partial charge in [0, 0.05) is 93.5 Å². The van der Waals surface area contributed by atoms with Crippen LogP contribution in [0.2, 0.25) is 0 Å². The average molecular weight is 766 g/mol. The van der Waals surface area contributed by atoms with E-state index in [2.05, 4.69) is 56.4 Å². The van der Waals surface area contributed by atoms with Gasteiger partial charge in [-0.2, -0.15) is 18.4 Å². The number of carbonyl (C=O) groups is 3. The highest BCUT2D eigenvalue weighted by atomic mass is 19.4. The molecule has 0 radical (unpaired) electrons. The number of carbonyl (C=O) groups excluding carboxylic acids is 3. The Bertz CT molecular complexity index is 2070. The number of rotatable bonds is 7. The van der Waals surface area contributed by atoms with Gasteiger partial charge in [-0.1, -0.05) is 12.1 Å². The normalized spacial score (nSPS) is 24.9. The zero-order valence-electron chi connectivity index (χ0n) is 31.3. The minimum absolute atomic E-state index is 0.134. The lowest BCUT2D eigenvalue weighted by molar-refractivity contribution is -0.138. The molecule has 292 valence electrons. The Kier molecular flexibility index (Phi) is 9.43. The summed E-state index contributed by atoms with van der Waals surface area (Å²) < 4.78 is 40.6. The fraction of sp³-hybridized carbons (Fsp3) is 0.488. The number of alkyl halides is 3. The molecule has 0 aromatic heterocycles. The molecule has 3 aromatic carbocycles. The Hall–Kier alpha value is -5.09. The molecule has 10 nitrogen and oxygen atoms in total. The number of amides is 3. The van der Waals surface area contributed by atoms with Gasteiger partial charge in [0.15, 0.2) is 0 Å². The maximum Gasteiger partial charge on any atom is 0.417 e. The standard InChI is InChI=1S/C43H46F3N7O3/c44-43(45,46)38-21-33(6-3-30(38)22-47)50-17-13-29(14-18-50)28-1-4-32(5-2-28)49-15-11-27(12-16-49)23-51-25-36-20-35(51)26-52(36)34-7-8-37-31(19-34)24-53(42(37)56)39-9-10-40(54)48-41(39)55/h1-8,19,21,27,29,35-36,39H,9-18,20,23-26H2,(H,48,54,55)/t35-,36-,39?/m1/s1. The monoisotopic (exact) mass is 765 g/mol. The third kappa shape index (κ3) is 6.86. The van der Waals surface area contributed by atoms with Crippen LogP contribution in [-0.4, -0.2) is 91.5 Å². The van der Waals surface area contributed by atoms with E-state index in [1.165, 1.54) is 17.3 Å². The molecule has 1 N–H and O–H groups in total. The number of imide groups is 1. The van der Waals surface area contributed by atoms with E-state index in [4.69, 9.17) is 5.26 Å². The summed E-state index contributed by atoms with van der Waals surface area (Å²) in [5.41, 5.74) is 4.58. The third-order valence-electron chi connectivity index (χ3n) is 13.3. The van der Waals surface area contributed by atoms with Gasteiger partial charge < -0.3 is 19.6 Å². The van der Waals surface area contributed by atoms with Gasteiger partial charge >= 0.3 is 6.18 Å². The van der Waals surface area contributed by atoms with Crippen molar-refractivity contribution in [3.05, 3.63) is 88.5 Å². The Labute approximate surface area is 324 Å². The SMILES string of the molecule is N#Cc1ccc(N2CCC(c3ccc(N4CCC(CN5C[C@H]6C[C@@H]5CN6c5ccc6c(c5)CN(C5CCC(=O)NC5=O)C6=O)CC4)cc3)CC2)cc1C(F)(F)F. The number of nitrogens with zero attached hydrogens (tertiary/aromatic N) is 6. The summed E-state index contributed by atoms with van der Waals surface area (Å²) in [5.74, 6) is 0.227. The Morgan fingerprint density at radius 2 is 1.46 bits per heavy atom. The highest BCUT2D eigenvalue weighted by Gasteiger charge is 2.45. The minimum Gasteiger partial charge on any atom is -0.372 e. The molecule has 9 rings (SSSR count). The second-order valence-corrected chi connectivity index (χ2v) is 16.5. The van der Waals surface area contributed by atoms with E-state index < -0.39 is 17.8 Å². The first kappa shape index (κ1) is 36.5. The molecule has 1 unspecified atom stereocenters. The van der Waals surface area contributed by atoms with Crippen LogP contribution in [0.1, 0.15) is 83.5 Å². The van der Waals surface area contributed by atoms with Crippen LogP contribution in [0.3, 0.4) is 0 Å². The highest BCUT2D eigenvalue weighted by molar-refractivity contribution is 6.05. The van der Waals surface area contributed by atoms with Gasteiger partial charge in [-0.15, -0.1) is 0 Å².